The smallest absolute Gasteiger partial charge is 0.250 e. The molecule has 3 heterocycles. The van der Waals surface area contributed by atoms with E-state index in [1.165, 1.54) is 11.3 Å². The van der Waals surface area contributed by atoms with Crippen LogP contribution >= 0.6 is 11.3 Å². The van der Waals surface area contributed by atoms with Gasteiger partial charge in [-0.05, 0) is 36.4 Å². The zero-order valence-corrected chi connectivity index (χ0v) is 13.1. The Balaban J connectivity index is 1.59. The van der Waals surface area contributed by atoms with E-state index in [9.17, 15) is 8.42 Å². The topological polar surface area (TPSA) is 62.3 Å². The summed E-state index contributed by atoms with van der Waals surface area (Å²) in [6, 6.07) is 9.23. The lowest BCUT2D eigenvalue weighted by atomic mass is 10.1. The first-order valence-electron chi connectivity index (χ1n) is 6.87. The van der Waals surface area contributed by atoms with Gasteiger partial charge < -0.3 is 4.90 Å². The number of hydrogen-bond donors (Lipinski definition) is 1. The molecule has 0 atom stereocenters. The molecule has 0 aromatic carbocycles. The van der Waals surface area contributed by atoms with Crippen molar-refractivity contribution >= 4 is 27.2 Å². The number of aromatic nitrogens is 1. The van der Waals surface area contributed by atoms with Crippen molar-refractivity contribution in [1.82, 2.24) is 9.71 Å². The van der Waals surface area contributed by atoms with Crippen molar-refractivity contribution in [2.24, 2.45) is 0 Å². The van der Waals surface area contributed by atoms with Crippen LogP contribution in [-0.4, -0.2) is 32.5 Å². The van der Waals surface area contributed by atoms with E-state index in [0.29, 0.717) is 4.21 Å². The first-order chi connectivity index (χ1) is 10.1. The van der Waals surface area contributed by atoms with Gasteiger partial charge >= 0.3 is 0 Å². The predicted molar refractivity (Wildman–Crippen MR) is 84.1 cm³/mol. The molecule has 1 fully saturated rings. The number of rotatable bonds is 4. The first kappa shape index (κ1) is 14.5. The van der Waals surface area contributed by atoms with Crippen LogP contribution in [0, 0.1) is 0 Å². The van der Waals surface area contributed by atoms with Crippen LogP contribution in [0.3, 0.4) is 0 Å². The summed E-state index contributed by atoms with van der Waals surface area (Å²) in [7, 11) is -3.36. The van der Waals surface area contributed by atoms with E-state index >= 15 is 0 Å². The Morgan fingerprint density at radius 3 is 2.62 bits per heavy atom. The van der Waals surface area contributed by atoms with Crippen LogP contribution in [-0.2, 0) is 10.0 Å². The second kappa shape index (κ2) is 6.13. The van der Waals surface area contributed by atoms with Crippen LogP contribution in [0.4, 0.5) is 5.82 Å². The Labute approximate surface area is 128 Å². The van der Waals surface area contributed by atoms with Gasteiger partial charge in [0.15, 0.2) is 0 Å². The summed E-state index contributed by atoms with van der Waals surface area (Å²) in [6.45, 7) is 1.63. The molecule has 112 valence electrons. The molecule has 3 rings (SSSR count). The highest BCUT2D eigenvalue weighted by Crippen LogP contribution is 2.20. The SMILES string of the molecule is O=S(=O)(NC1CCN(c2ccccn2)CC1)c1cccs1. The fourth-order valence-corrected chi connectivity index (χ4v) is 4.78. The Bertz CT molecular complexity index is 664. The molecule has 5 nitrogen and oxygen atoms in total. The molecule has 2 aromatic rings. The van der Waals surface area contributed by atoms with Crippen LogP contribution in [0.2, 0.25) is 0 Å². The third kappa shape index (κ3) is 3.42. The number of anilines is 1. The van der Waals surface area contributed by atoms with Gasteiger partial charge in [-0.2, -0.15) is 0 Å². The maximum absolute atomic E-state index is 12.2. The van der Waals surface area contributed by atoms with Gasteiger partial charge in [0.05, 0.1) is 0 Å². The summed E-state index contributed by atoms with van der Waals surface area (Å²) in [6.07, 6.45) is 3.36. The largest absolute Gasteiger partial charge is 0.357 e. The molecule has 21 heavy (non-hydrogen) atoms. The number of piperidine rings is 1. The van der Waals surface area contributed by atoms with Crippen molar-refractivity contribution in [3.8, 4) is 0 Å². The van der Waals surface area contributed by atoms with E-state index in [2.05, 4.69) is 14.6 Å². The number of thiophene rings is 1. The predicted octanol–water partition coefficient (Wildman–Crippen LogP) is 2.09. The van der Waals surface area contributed by atoms with Crippen LogP contribution < -0.4 is 9.62 Å². The molecule has 0 saturated carbocycles. The Hall–Kier alpha value is -1.44. The van der Waals surface area contributed by atoms with E-state index in [0.717, 1.165) is 31.7 Å². The van der Waals surface area contributed by atoms with Crippen molar-refractivity contribution in [3.05, 3.63) is 41.9 Å². The van der Waals surface area contributed by atoms with Crippen molar-refractivity contribution in [1.29, 1.82) is 0 Å². The summed E-state index contributed by atoms with van der Waals surface area (Å²) in [5, 5.41) is 1.78. The molecule has 1 saturated heterocycles. The zero-order valence-electron chi connectivity index (χ0n) is 11.5. The lowest BCUT2D eigenvalue weighted by Gasteiger charge is -2.32. The molecular formula is C14H17N3O2S2. The van der Waals surface area contributed by atoms with Gasteiger partial charge in [-0.25, -0.2) is 18.1 Å². The first-order valence-corrected chi connectivity index (χ1v) is 9.23. The zero-order chi connectivity index (χ0) is 14.7. The molecule has 0 unspecified atom stereocenters. The highest BCUT2D eigenvalue weighted by molar-refractivity contribution is 7.91. The molecular weight excluding hydrogens is 306 g/mol. The van der Waals surface area contributed by atoms with Crippen molar-refractivity contribution in [2.45, 2.75) is 23.1 Å². The molecule has 1 N–H and O–H groups in total. The highest BCUT2D eigenvalue weighted by Gasteiger charge is 2.25. The molecule has 0 bridgehead atoms. The summed E-state index contributed by atoms with van der Waals surface area (Å²) >= 11 is 1.24. The standard InChI is InChI=1S/C14H17N3O2S2/c18-21(19,14-5-3-11-20-14)16-12-6-9-17(10-7-12)13-4-1-2-8-15-13/h1-5,8,11-12,16H,6-7,9-10H2. The minimum Gasteiger partial charge on any atom is -0.357 e. The van der Waals surface area contributed by atoms with Crippen molar-refractivity contribution in [3.63, 3.8) is 0 Å². The molecule has 0 amide bonds. The summed E-state index contributed by atoms with van der Waals surface area (Å²) in [4.78, 5) is 6.52. The van der Waals surface area contributed by atoms with Gasteiger partial charge in [0.1, 0.15) is 10.0 Å². The van der Waals surface area contributed by atoms with Gasteiger partial charge in [-0.1, -0.05) is 12.1 Å². The van der Waals surface area contributed by atoms with E-state index in [4.69, 9.17) is 0 Å². The maximum Gasteiger partial charge on any atom is 0.250 e. The molecule has 0 aliphatic carbocycles. The van der Waals surface area contributed by atoms with Gasteiger partial charge in [-0.3, -0.25) is 0 Å². The van der Waals surface area contributed by atoms with Crippen LogP contribution in [0.5, 0.6) is 0 Å². The van der Waals surface area contributed by atoms with E-state index in [1.807, 2.05) is 18.2 Å². The van der Waals surface area contributed by atoms with Crippen molar-refractivity contribution < 1.29 is 8.42 Å². The third-order valence-corrected chi connectivity index (χ3v) is 6.47. The molecule has 7 heteroatoms. The maximum atomic E-state index is 12.2. The fourth-order valence-electron chi connectivity index (χ4n) is 2.46. The number of nitrogens with zero attached hydrogens (tertiary/aromatic N) is 2. The molecule has 0 spiro atoms. The van der Waals surface area contributed by atoms with Gasteiger partial charge in [-0.15, -0.1) is 11.3 Å². The van der Waals surface area contributed by atoms with Gasteiger partial charge in [0.25, 0.3) is 0 Å². The summed E-state index contributed by atoms with van der Waals surface area (Å²) in [5.74, 6) is 0.956. The highest BCUT2D eigenvalue weighted by atomic mass is 32.2. The van der Waals surface area contributed by atoms with Crippen molar-refractivity contribution in [2.75, 3.05) is 18.0 Å². The summed E-state index contributed by atoms with van der Waals surface area (Å²) in [5.41, 5.74) is 0. The van der Waals surface area contributed by atoms with E-state index in [1.54, 1.807) is 23.7 Å². The molecule has 1 aliphatic rings. The minimum absolute atomic E-state index is 0.00272. The quantitative estimate of drug-likeness (QED) is 0.936. The second-order valence-electron chi connectivity index (χ2n) is 5.00. The van der Waals surface area contributed by atoms with Crippen LogP contribution in [0.1, 0.15) is 12.8 Å². The second-order valence-corrected chi connectivity index (χ2v) is 7.89. The molecule has 0 radical (unpaired) electrons. The molecule has 2 aromatic heterocycles. The fraction of sp³-hybridized carbons (Fsp3) is 0.357. The normalized spacial score (nSPS) is 17.0. The lowest BCUT2D eigenvalue weighted by Crippen LogP contribution is -2.44. The average Bonchev–Trinajstić information content (AvgIpc) is 3.04. The van der Waals surface area contributed by atoms with E-state index in [-0.39, 0.29) is 6.04 Å². The number of sulfonamides is 1. The van der Waals surface area contributed by atoms with E-state index < -0.39 is 10.0 Å². The number of pyridine rings is 1. The Morgan fingerprint density at radius 1 is 1.19 bits per heavy atom. The number of nitrogens with one attached hydrogen (secondary N) is 1. The van der Waals surface area contributed by atoms with Gasteiger partial charge in [0, 0.05) is 25.3 Å². The molecule has 1 aliphatic heterocycles. The van der Waals surface area contributed by atoms with Gasteiger partial charge in [0.2, 0.25) is 10.0 Å². The lowest BCUT2D eigenvalue weighted by molar-refractivity contribution is 0.459. The number of hydrogen-bond acceptors (Lipinski definition) is 5. The Morgan fingerprint density at radius 2 is 2.00 bits per heavy atom. The minimum atomic E-state index is -3.36. The van der Waals surface area contributed by atoms with Crippen LogP contribution in [0.15, 0.2) is 46.1 Å². The average molecular weight is 323 g/mol. The Kier molecular flexibility index (Phi) is 4.23. The van der Waals surface area contributed by atoms with Crippen LogP contribution in [0.25, 0.3) is 0 Å². The third-order valence-electron chi connectivity index (χ3n) is 3.55. The monoisotopic (exact) mass is 323 g/mol. The summed E-state index contributed by atoms with van der Waals surface area (Å²) < 4.78 is 27.6.